The number of halogens is 1. The maximum absolute atomic E-state index is 12.0. The summed E-state index contributed by atoms with van der Waals surface area (Å²) in [5, 5.41) is 3.22. The van der Waals surface area contributed by atoms with Gasteiger partial charge >= 0.3 is 0 Å². The maximum Gasteiger partial charge on any atom is 0.251 e. The van der Waals surface area contributed by atoms with Crippen molar-refractivity contribution < 1.29 is 9.53 Å². The number of imidazole rings is 1. The summed E-state index contributed by atoms with van der Waals surface area (Å²) in [4.78, 5) is 23.1. The highest BCUT2D eigenvalue weighted by Gasteiger charge is 2.07. The first-order chi connectivity index (χ1) is 10.7. The first-order valence-corrected chi connectivity index (χ1v) is 7.06. The molecule has 0 spiro atoms. The number of rotatable bonds is 5. The number of nitrogens with one attached hydrogen (secondary N) is 2. The van der Waals surface area contributed by atoms with Crippen LogP contribution in [0.3, 0.4) is 0 Å². The second kappa shape index (κ2) is 6.44. The molecule has 2 N–H and O–H groups in total. The Morgan fingerprint density at radius 2 is 2.23 bits per heavy atom. The number of H-pyrrole nitrogens is 1. The molecule has 1 amide bonds. The van der Waals surface area contributed by atoms with Crippen LogP contribution in [0.1, 0.15) is 10.4 Å². The molecule has 0 fully saturated rings. The molecule has 6 nitrogen and oxygen atoms in total. The van der Waals surface area contributed by atoms with Crippen LogP contribution in [0, 0.1) is 0 Å². The number of hydrogen-bond donors (Lipinski definition) is 2. The van der Waals surface area contributed by atoms with Gasteiger partial charge in [0, 0.05) is 11.8 Å². The van der Waals surface area contributed by atoms with Gasteiger partial charge in [-0.2, -0.15) is 0 Å². The smallest absolute Gasteiger partial charge is 0.251 e. The van der Waals surface area contributed by atoms with E-state index >= 15 is 0 Å². The van der Waals surface area contributed by atoms with Gasteiger partial charge in [0.2, 0.25) is 5.88 Å². The minimum absolute atomic E-state index is 0.174. The predicted molar refractivity (Wildman–Crippen MR) is 83.2 cm³/mol. The quantitative estimate of drug-likeness (QED) is 0.708. The molecule has 7 heteroatoms. The van der Waals surface area contributed by atoms with Crippen molar-refractivity contribution in [3.05, 3.63) is 53.4 Å². The Hall–Kier alpha value is -2.60. The second-order valence-corrected chi connectivity index (χ2v) is 4.94. The molecule has 3 aromatic rings. The van der Waals surface area contributed by atoms with Gasteiger partial charge in [-0.05, 0) is 30.3 Å². The first-order valence-electron chi connectivity index (χ1n) is 6.69. The highest BCUT2D eigenvalue weighted by atomic mass is 35.5. The summed E-state index contributed by atoms with van der Waals surface area (Å²) in [5.74, 6) is 0.185. The molecule has 1 aromatic carbocycles. The molecule has 0 bridgehead atoms. The van der Waals surface area contributed by atoms with Gasteiger partial charge in [0.15, 0.2) is 0 Å². The third-order valence-corrected chi connectivity index (χ3v) is 3.32. The van der Waals surface area contributed by atoms with Crippen molar-refractivity contribution in [1.82, 2.24) is 20.3 Å². The van der Waals surface area contributed by atoms with Gasteiger partial charge in [0.25, 0.3) is 5.91 Å². The second-order valence-electron chi connectivity index (χ2n) is 4.53. The Balaban J connectivity index is 1.53. The van der Waals surface area contributed by atoms with Gasteiger partial charge in [-0.3, -0.25) is 4.79 Å². The summed E-state index contributed by atoms with van der Waals surface area (Å²) in [5.41, 5.74) is 2.21. The summed E-state index contributed by atoms with van der Waals surface area (Å²) in [7, 11) is 0. The average molecular weight is 317 g/mol. The van der Waals surface area contributed by atoms with E-state index in [2.05, 4.69) is 20.3 Å². The van der Waals surface area contributed by atoms with E-state index < -0.39 is 0 Å². The van der Waals surface area contributed by atoms with Crippen molar-refractivity contribution in [2.75, 3.05) is 13.2 Å². The van der Waals surface area contributed by atoms with Gasteiger partial charge in [-0.1, -0.05) is 11.6 Å². The van der Waals surface area contributed by atoms with E-state index in [0.717, 1.165) is 11.0 Å². The minimum Gasteiger partial charge on any atom is -0.475 e. The number of nitrogens with zero attached hydrogens (tertiary/aromatic N) is 2. The van der Waals surface area contributed by atoms with Crippen molar-refractivity contribution in [3.63, 3.8) is 0 Å². The van der Waals surface area contributed by atoms with Gasteiger partial charge in [0.05, 0.1) is 23.9 Å². The highest BCUT2D eigenvalue weighted by Crippen LogP contribution is 2.19. The number of amides is 1. The predicted octanol–water partition coefficient (Wildman–Crippen LogP) is 2.42. The number of carbonyl (C=O) groups is 1. The Labute approximate surface area is 131 Å². The lowest BCUT2D eigenvalue weighted by atomic mass is 10.2. The van der Waals surface area contributed by atoms with Crippen LogP contribution in [-0.4, -0.2) is 34.0 Å². The third kappa shape index (κ3) is 3.17. The van der Waals surface area contributed by atoms with Crippen LogP contribution in [0.5, 0.6) is 5.88 Å². The minimum atomic E-state index is -0.174. The Bertz CT molecular complexity index is 803. The van der Waals surface area contributed by atoms with E-state index in [4.69, 9.17) is 16.3 Å². The average Bonchev–Trinajstić information content (AvgIpc) is 3.00. The lowest BCUT2D eigenvalue weighted by molar-refractivity contribution is 0.0946. The highest BCUT2D eigenvalue weighted by molar-refractivity contribution is 6.31. The summed E-state index contributed by atoms with van der Waals surface area (Å²) in [6.45, 7) is 0.640. The van der Waals surface area contributed by atoms with E-state index in [0.29, 0.717) is 23.0 Å². The van der Waals surface area contributed by atoms with Crippen LogP contribution in [-0.2, 0) is 0 Å². The van der Waals surface area contributed by atoms with Crippen LogP contribution in [0.4, 0.5) is 0 Å². The molecular weight excluding hydrogens is 304 g/mol. The first kappa shape index (κ1) is 14.3. The van der Waals surface area contributed by atoms with Gasteiger partial charge in [-0.25, -0.2) is 9.97 Å². The molecule has 0 aliphatic carbocycles. The monoisotopic (exact) mass is 316 g/mol. The number of aromatic amines is 1. The van der Waals surface area contributed by atoms with Crippen LogP contribution in [0.15, 0.2) is 42.9 Å². The zero-order chi connectivity index (χ0) is 15.4. The van der Waals surface area contributed by atoms with Crippen molar-refractivity contribution in [2.24, 2.45) is 0 Å². The number of pyridine rings is 1. The molecule has 0 aliphatic heterocycles. The number of benzene rings is 1. The standard InChI is InChI=1S/C15H13ClN4O2/c16-11-2-1-5-18-15(11)22-7-6-17-14(21)10-3-4-12-13(8-10)20-9-19-12/h1-5,8-9H,6-7H2,(H,17,21)(H,19,20). The number of fused-ring (bicyclic) bond motifs is 1. The number of carbonyl (C=O) groups excluding carboxylic acids is 1. The van der Waals surface area contributed by atoms with E-state index in [9.17, 15) is 4.79 Å². The van der Waals surface area contributed by atoms with Crippen molar-refractivity contribution >= 4 is 28.5 Å². The van der Waals surface area contributed by atoms with E-state index in [1.54, 1.807) is 42.9 Å². The Morgan fingerprint density at radius 3 is 3.09 bits per heavy atom. The maximum atomic E-state index is 12.0. The summed E-state index contributed by atoms with van der Waals surface area (Å²) >= 11 is 5.92. The molecule has 22 heavy (non-hydrogen) atoms. The van der Waals surface area contributed by atoms with Gasteiger partial charge in [0.1, 0.15) is 11.6 Å². The molecule has 0 radical (unpaired) electrons. The van der Waals surface area contributed by atoms with Crippen molar-refractivity contribution in [3.8, 4) is 5.88 Å². The Kier molecular flexibility index (Phi) is 4.20. The normalized spacial score (nSPS) is 10.6. The number of ether oxygens (including phenoxy) is 1. The summed E-state index contributed by atoms with van der Waals surface area (Å²) < 4.78 is 5.41. The molecule has 0 atom stereocenters. The fourth-order valence-corrected chi connectivity index (χ4v) is 2.14. The van der Waals surface area contributed by atoms with Gasteiger partial charge < -0.3 is 15.0 Å². The summed E-state index contributed by atoms with van der Waals surface area (Å²) in [6, 6.07) is 8.71. The molecule has 112 valence electrons. The molecule has 0 saturated carbocycles. The van der Waals surface area contributed by atoms with E-state index in [1.807, 2.05) is 0 Å². The molecule has 0 aliphatic rings. The van der Waals surface area contributed by atoms with Crippen LogP contribution >= 0.6 is 11.6 Å². The molecule has 0 saturated heterocycles. The molecule has 2 aromatic heterocycles. The zero-order valence-corrected chi connectivity index (χ0v) is 12.3. The topological polar surface area (TPSA) is 79.9 Å². The van der Waals surface area contributed by atoms with Crippen LogP contribution in [0.25, 0.3) is 11.0 Å². The van der Waals surface area contributed by atoms with Crippen LogP contribution < -0.4 is 10.1 Å². The number of aromatic nitrogens is 3. The molecule has 3 rings (SSSR count). The van der Waals surface area contributed by atoms with E-state index in [1.165, 1.54) is 0 Å². The molecule has 2 heterocycles. The lowest BCUT2D eigenvalue weighted by Crippen LogP contribution is -2.28. The van der Waals surface area contributed by atoms with Gasteiger partial charge in [-0.15, -0.1) is 0 Å². The van der Waals surface area contributed by atoms with Crippen molar-refractivity contribution in [1.29, 1.82) is 0 Å². The lowest BCUT2D eigenvalue weighted by Gasteiger charge is -2.08. The fraction of sp³-hybridized carbons (Fsp3) is 0.133. The largest absolute Gasteiger partial charge is 0.475 e. The van der Waals surface area contributed by atoms with Crippen LogP contribution in [0.2, 0.25) is 5.02 Å². The SMILES string of the molecule is O=C(NCCOc1ncccc1Cl)c1ccc2nc[nH]c2c1. The molecule has 0 unspecified atom stereocenters. The zero-order valence-electron chi connectivity index (χ0n) is 11.5. The van der Waals surface area contributed by atoms with E-state index in [-0.39, 0.29) is 12.5 Å². The number of hydrogen-bond acceptors (Lipinski definition) is 4. The summed E-state index contributed by atoms with van der Waals surface area (Å²) in [6.07, 6.45) is 3.19. The third-order valence-electron chi connectivity index (χ3n) is 3.03. The Morgan fingerprint density at radius 1 is 1.32 bits per heavy atom. The van der Waals surface area contributed by atoms with Crippen molar-refractivity contribution in [2.45, 2.75) is 0 Å². The fourth-order valence-electron chi connectivity index (χ4n) is 1.97. The molecular formula is C15H13ClN4O2.